The lowest BCUT2D eigenvalue weighted by Gasteiger charge is -2.34. The zero-order valence-corrected chi connectivity index (χ0v) is 25.7. The van der Waals surface area contributed by atoms with Crippen molar-refractivity contribution in [3.8, 4) is 11.5 Å². The van der Waals surface area contributed by atoms with Crippen molar-refractivity contribution >= 4 is 5.69 Å². The molecule has 0 spiro atoms. The smallest absolute Gasteiger partial charge is 0.417 e. The molecule has 2 fully saturated rings. The number of aromatic nitrogens is 1. The van der Waals surface area contributed by atoms with Gasteiger partial charge in [-0.1, -0.05) is 43.3 Å². The number of anilines is 1. The molecular formula is C33H37F6N3O3. The van der Waals surface area contributed by atoms with Crippen LogP contribution in [0, 0.1) is 24.5 Å². The monoisotopic (exact) mass is 637 g/mol. The van der Waals surface area contributed by atoms with Gasteiger partial charge in [0.2, 0.25) is 5.82 Å². The first kappa shape index (κ1) is 32.9. The Morgan fingerprint density at radius 3 is 2.49 bits per heavy atom. The van der Waals surface area contributed by atoms with Gasteiger partial charge in [0.05, 0.1) is 30.2 Å². The van der Waals surface area contributed by atoms with Crippen molar-refractivity contribution in [3.05, 3.63) is 82.7 Å². The molecule has 3 heterocycles. The normalized spacial score (nSPS) is 27.4. The molecule has 0 bridgehead atoms. The van der Waals surface area contributed by atoms with Gasteiger partial charge in [0.25, 0.3) is 0 Å². The van der Waals surface area contributed by atoms with Crippen LogP contribution >= 0.6 is 0 Å². The second-order valence-corrected chi connectivity index (χ2v) is 12.0. The summed E-state index contributed by atoms with van der Waals surface area (Å²) < 4.78 is 105. The Balaban J connectivity index is 1.62. The molecule has 1 N–H and O–H groups in total. The molecule has 3 aromatic rings. The number of benzene rings is 2. The van der Waals surface area contributed by atoms with Gasteiger partial charge < -0.3 is 24.4 Å². The second-order valence-electron chi connectivity index (χ2n) is 12.0. The molecule has 0 amide bonds. The zero-order valence-electron chi connectivity index (χ0n) is 25.7. The van der Waals surface area contributed by atoms with Crippen LogP contribution in [0.25, 0.3) is 0 Å². The van der Waals surface area contributed by atoms with Crippen LogP contribution in [0.15, 0.2) is 48.5 Å². The summed E-state index contributed by atoms with van der Waals surface area (Å²) in [4.78, 5) is 6.55. The molecule has 6 atom stereocenters. The quantitative estimate of drug-likeness (QED) is 0.258. The van der Waals surface area contributed by atoms with Crippen molar-refractivity contribution < 1.29 is 40.6 Å². The highest BCUT2D eigenvalue weighted by Crippen LogP contribution is 2.59. The first-order valence-corrected chi connectivity index (χ1v) is 14.8. The molecule has 6 nitrogen and oxygen atoms in total. The third-order valence-corrected chi connectivity index (χ3v) is 9.10. The Bertz CT molecular complexity index is 1510. The third-order valence-electron chi connectivity index (χ3n) is 9.10. The predicted molar refractivity (Wildman–Crippen MR) is 157 cm³/mol. The fraction of sp³-hybridized carbons (Fsp3) is 0.485. The van der Waals surface area contributed by atoms with E-state index in [1.165, 1.54) is 19.1 Å². The van der Waals surface area contributed by atoms with Crippen LogP contribution in [0.5, 0.6) is 11.5 Å². The number of nitrogens with one attached hydrogen (secondary N) is 1. The van der Waals surface area contributed by atoms with Gasteiger partial charge in [0.1, 0.15) is 24.6 Å². The summed E-state index contributed by atoms with van der Waals surface area (Å²) in [7, 11) is 2.97. The van der Waals surface area contributed by atoms with Gasteiger partial charge in [0.15, 0.2) is 17.2 Å². The molecule has 1 aromatic heterocycles. The van der Waals surface area contributed by atoms with Crippen LogP contribution in [-0.2, 0) is 11.3 Å². The Hall–Kier alpha value is -3.51. The molecule has 2 saturated heterocycles. The summed E-state index contributed by atoms with van der Waals surface area (Å²) in [5.74, 6) is -5.16. The maximum atomic E-state index is 15.1. The molecule has 12 heteroatoms. The molecule has 0 radical (unpaired) electrons. The Kier molecular flexibility index (Phi) is 9.28. The lowest BCUT2D eigenvalue weighted by atomic mass is 9.76. The molecule has 244 valence electrons. The molecule has 2 aromatic carbocycles. The highest BCUT2D eigenvalue weighted by atomic mass is 19.4. The first-order valence-electron chi connectivity index (χ1n) is 14.8. The van der Waals surface area contributed by atoms with E-state index >= 15 is 4.39 Å². The van der Waals surface area contributed by atoms with Gasteiger partial charge in [-0.15, -0.1) is 0 Å². The topological polar surface area (TPSA) is 55.9 Å². The van der Waals surface area contributed by atoms with Crippen LogP contribution < -0.4 is 14.8 Å². The maximum absolute atomic E-state index is 15.1. The summed E-state index contributed by atoms with van der Waals surface area (Å²) >= 11 is 0. The Labute approximate surface area is 258 Å². The number of hydrogen-bond acceptors (Lipinski definition) is 6. The SMILES string of the molecule is COc1c([C@H]2[C@H](c3cc(OCc4ccccc4)c(N[C@H]4CCN(C)C[C@@H]4F)c(C)n3)O[C@@](C)(C(F)(F)F)[C@H]2C)ccc(F)c1F. The van der Waals surface area contributed by atoms with E-state index in [0.29, 0.717) is 24.3 Å². The first-order chi connectivity index (χ1) is 21.2. The van der Waals surface area contributed by atoms with Crippen molar-refractivity contribution in [3.63, 3.8) is 0 Å². The van der Waals surface area contributed by atoms with Crippen LogP contribution in [0.4, 0.5) is 32.0 Å². The molecule has 0 saturated carbocycles. The molecule has 0 unspecified atom stereocenters. The standard InChI is InChI=1S/C33H37F6N3O3/c1-18-27(21-11-12-22(34)28(36)30(21)43-5)31(45-32(18,3)33(37,38)39)25-15-26(44-17-20-9-7-6-8-10-20)29(19(2)40-25)41-24-13-14-42(4)16-23(24)35/h6-12,15,18,23-24,27,31,41H,13-14,16-17H2,1-5H3/t18-,23-,24-,27-,31-,32+/m0/s1. The van der Waals surface area contributed by atoms with E-state index < -0.39 is 59.3 Å². The van der Waals surface area contributed by atoms with Crippen molar-refractivity contribution in [1.82, 2.24) is 9.88 Å². The fourth-order valence-electron chi connectivity index (χ4n) is 6.31. The van der Waals surface area contributed by atoms with Crippen molar-refractivity contribution in [2.75, 3.05) is 32.6 Å². The lowest BCUT2D eigenvalue weighted by molar-refractivity contribution is -0.275. The van der Waals surface area contributed by atoms with Crippen LogP contribution in [0.3, 0.4) is 0 Å². The number of aryl methyl sites for hydroxylation is 1. The predicted octanol–water partition coefficient (Wildman–Crippen LogP) is 7.52. The summed E-state index contributed by atoms with van der Waals surface area (Å²) in [6, 6.07) is 12.3. The average Bonchev–Trinajstić information content (AvgIpc) is 3.27. The van der Waals surface area contributed by atoms with E-state index in [2.05, 4.69) is 10.3 Å². The number of rotatable bonds is 8. The third kappa shape index (κ3) is 6.31. The fourth-order valence-corrected chi connectivity index (χ4v) is 6.31. The van der Waals surface area contributed by atoms with E-state index in [4.69, 9.17) is 14.2 Å². The van der Waals surface area contributed by atoms with Gasteiger partial charge >= 0.3 is 6.18 Å². The number of halogens is 6. The summed E-state index contributed by atoms with van der Waals surface area (Å²) in [6.07, 6.45) is -6.82. The minimum atomic E-state index is -4.81. The maximum Gasteiger partial charge on any atom is 0.417 e. The Morgan fingerprint density at radius 1 is 1.13 bits per heavy atom. The summed E-state index contributed by atoms with van der Waals surface area (Å²) in [6.45, 7) is 4.98. The lowest BCUT2D eigenvalue weighted by Crippen LogP contribution is -2.46. The number of likely N-dealkylation sites (tertiary alicyclic amines) is 1. The number of methoxy groups -OCH3 is 1. The highest BCUT2D eigenvalue weighted by molar-refractivity contribution is 5.61. The van der Waals surface area contributed by atoms with E-state index in [9.17, 15) is 22.0 Å². The molecule has 5 rings (SSSR count). The number of alkyl halides is 4. The molecule has 0 aliphatic carbocycles. The van der Waals surface area contributed by atoms with Crippen LogP contribution in [-0.4, -0.2) is 61.1 Å². The van der Waals surface area contributed by atoms with Gasteiger partial charge in [-0.2, -0.15) is 17.6 Å². The second kappa shape index (κ2) is 12.7. The number of piperidine rings is 1. The molecular weight excluding hydrogens is 600 g/mol. The van der Waals surface area contributed by atoms with E-state index in [-0.39, 0.29) is 30.2 Å². The highest BCUT2D eigenvalue weighted by Gasteiger charge is 2.65. The van der Waals surface area contributed by atoms with E-state index in [1.807, 2.05) is 42.3 Å². The van der Waals surface area contributed by atoms with Crippen molar-refractivity contribution in [2.45, 2.75) is 69.8 Å². The van der Waals surface area contributed by atoms with Crippen molar-refractivity contribution in [1.29, 1.82) is 0 Å². The van der Waals surface area contributed by atoms with E-state index in [0.717, 1.165) is 25.7 Å². The van der Waals surface area contributed by atoms with E-state index in [1.54, 1.807) is 6.92 Å². The number of nitrogens with zero attached hydrogens (tertiary/aromatic N) is 2. The minimum Gasteiger partial charge on any atom is -0.493 e. The van der Waals surface area contributed by atoms with Gasteiger partial charge in [0, 0.05) is 36.6 Å². The number of hydrogen-bond donors (Lipinski definition) is 1. The largest absolute Gasteiger partial charge is 0.493 e. The number of pyridine rings is 1. The van der Waals surface area contributed by atoms with Gasteiger partial charge in [-0.05, 0) is 38.9 Å². The molecule has 45 heavy (non-hydrogen) atoms. The minimum absolute atomic E-state index is 0.0156. The molecule has 2 aliphatic heterocycles. The van der Waals surface area contributed by atoms with Gasteiger partial charge in [-0.3, -0.25) is 4.98 Å². The Morgan fingerprint density at radius 2 is 1.84 bits per heavy atom. The zero-order chi connectivity index (χ0) is 32.7. The van der Waals surface area contributed by atoms with Crippen LogP contribution in [0.1, 0.15) is 54.8 Å². The van der Waals surface area contributed by atoms with Crippen LogP contribution in [0.2, 0.25) is 0 Å². The summed E-state index contributed by atoms with van der Waals surface area (Å²) in [5, 5.41) is 3.25. The number of ether oxygens (including phenoxy) is 3. The van der Waals surface area contributed by atoms with Crippen molar-refractivity contribution in [2.24, 2.45) is 5.92 Å². The molecule has 2 aliphatic rings. The van der Waals surface area contributed by atoms with Gasteiger partial charge in [-0.25, -0.2) is 8.78 Å². The summed E-state index contributed by atoms with van der Waals surface area (Å²) in [5.41, 5.74) is -0.944. The average molecular weight is 638 g/mol.